The smallest absolute Gasteiger partial charge is 0.190 e. The van der Waals surface area contributed by atoms with E-state index >= 15 is 0 Å². The monoisotopic (exact) mass is 335 g/mol. The maximum atomic E-state index is 12.7. The summed E-state index contributed by atoms with van der Waals surface area (Å²) in [5.74, 6) is 0.451. The molecule has 0 amide bonds. The number of aromatic nitrogens is 4. The van der Waals surface area contributed by atoms with Crippen molar-refractivity contribution >= 4 is 11.6 Å². The summed E-state index contributed by atoms with van der Waals surface area (Å²) in [5, 5.41) is 20.2. The van der Waals surface area contributed by atoms with Crippen molar-refractivity contribution < 1.29 is 9.59 Å². The molecule has 1 heterocycles. The highest BCUT2D eigenvalue weighted by molar-refractivity contribution is 6.26. The lowest BCUT2D eigenvalue weighted by atomic mass is 9.83. The first kappa shape index (κ1) is 16.7. The van der Waals surface area contributed by atoms with Crippen LogP contribution in [0.1, 0.15) is 52.7 Å². The Hall–Kier alpha value is -3.14. The first-order chi connectivity index (χ1) is 12.1. The molecule has 2 aromatic rings. The molecule has 7 nitrogen and oxygen atoms in total. The number of aryl methyl sites for hydroxylation is 2. The molecule has 0 aliphatic heterocycles. The molecule has 1 aliphatic rings. The Kier molecular flexibility index (Phi) is 4.80. The second-order valence-electron chi connectivity index (χ2n) is 5.89. The fourth-order valence-corrected chi connectivity index (χ4v) is 2.97. The van der Waals surface area contributed by atoms with Crippen LogP contribution in [0.15, 0.2) is 35.4 Å². The number of allylic oxidation sites excluding steroid dienone is 2. The molecule has 0 unspecified atom stereocenters. The van der Waals surface area contributed by atoms with Crippen LogP contribution >= 0.6 is 0 Å². The van der Waals surface area contributed by atoms with E-state index in [0.29, 0.717) is 60.3 Å². The topological polar surface area (TPSA) is 102 Å². The molecule has 0 saturated carbocycles. The molecular formula is C18H17N5O2. The van der Waals surface area contributed by atoms with Crippen molar-refractivity contribution in [2.45, 2.75) is 39.2 Å². The Bertz CT molecular complexity index is 904. The molecule has 0 N–H and O–H groups in total. The average Bonchev–Trinajstić information content (AvgIpc) is 3.07. The first-order valence-electron chi connectivity index (χ1n) is 8.13. The van der Waals surface area contributed by atoms with Crippen LogP contribution in [0.4, 0.5) is 0 Å². The van der Waals surface area contributed by atoms with Gasteiger partial charge in [0, 0.05) is 41.7 Å². The molecular weight excluding hydrogens is 318 g/mol. The van der Waals surface area contributed by atoms with E-state index in [0.717, 1.165) is 0 Å². The van der Waals surface area contributed by atoms with Gasteiger partial charge in [0.2, 0.25) is 0 Å². The summed E-state index contributed by atoms with van der Waals surface area (Å²) in [6, 6.07) is 8.99. The van der Waals surface area contributed by atoms with Crippen LogP contribution in [0.5, 0.6) is 0 Å². The van der Waals surface area contributed by atoms with Crippen molar-refractivity contribution in [1.82, 2.24) is 20.2 Å². The minimum atomic E-state index is -0.101. The summed E-state index contributed by atoms with van der Waals surface area (Å²) in [4.78, 5) is 25.2. The summed E-state index contributed by atoms with van der Waals surface area (Å²) in [7, 11) is 0. The SMILES string of the molecule is CC1=C(CCc2nnnn2CCCC#N)C(=O)c2ccccc2C1=O. The maximum absolute atomic E-state index is 12.7. The van der Waals surface area contributed by atoms with Crippen LogP contribution in [0.25, 0.3) is 0 Å². The van der Waals surface area contributed by atoms with Crippen LogP contribution in [0.3, 0.4) is 0 Å². The normalized spacial score (nSPS) is 13.8. The second kappa shape index (κ2) is 7.18. The molecule has 1 aromatic heterocycles. The number of nitrogens with zero attached hydrogens (tertiary/aromatic N) is 5. The van der Waals surface area contributed by atoms with E-state index in [4.69, 9.17) is 5.26 Å². The van der Waals surface area contributed by atoms with Crippen LogP contribution in [-0.2, 0) is 13.0 Å². The summed E-state index contributed by atoms with van der Waals surface area (Å²) >= 11 is 0. The van der Waals surface area contributed by atoms with Gasteiger partial charge in [-0.15, -0.1) is 5.10 Å². The number of tetrazole rings is 1. The van der Waals surface area contributed by atoms with E-state index < -0.39 is 0 Å². The van der Waals surface area contributed by atoms with Crippen molar-refractivity contribution in [3.63, 3.8) is 0 Å². The second-order valence-corrected chi connectivity index (χ2v) is 5.89. The summed E-state index contributed by atoms with van der Waals surface area (Å²) in [6.45, 7) is 2.25. The number of hydrogen-bond acceptors (Lipinski definition) is 6. The lowest BCUT2D eigenvalue weighted by Gasteiger charge is -2.18. The van der Waals surface area contributed by atoms with Gasteiger partial charge in [-0.1, -0.05) is 24.3 Å². The van der Waals surface area contributed by atoms with Gasteiger partial charge in [-0.25, -0.2) is 4.68 Å². The van der Waals surface area contributed by atoms with E-state index in [1.807, 2.05) is 0 Å². The van der Waals surface area contributed by atoms with Gasteiger partial charge in [-0.05, 0) is 30.2 Å². The van der Waals surface area contributed by atoms with Crippen molar-refractivity contribution in [3.8, 4) is 6.07 Å². The third-order valence-corrected chi connectivity index (χ3v) is 4.35. The molecule has 0 bridgehead atoms. The lowest BCUT2D eigenvalue weighted by Crippen LogP contribution is -2.21. The zero-order valence-electron chi connectivity index (χ0n) is 13.9. The molecule has 1 aromatic carbocycles. The largest absolute Gasteiger partial charge is 0.289 e. The van der Waals surface area contributed by atoms with E-state index in [1.54, 1.807) is 35.9 Å². The van der Waals surface area contributed by atoms with E-state index in [2.05, 4.69) is 21.6 Å². The van der Waals surface area contributed by atoms with Crippen LogP contribution in [0.2, 0.25) is 0 Å². The minimum Gasteiger partial charge on any atom is -0.289 e. The van der Waals surface area contributed by atoms with E-state index in [-0.39, 0.29) is 11.6 Å². The predicted molar refractivity (Wildman–Crippen MR) is 88.8 cm³/mol. The molecule has 7 heteroatoms. The zero-order valence-corrected chi connectivity index (χ0v) is 13.9. The van der Waals surface area contributed by atoms with Crippen molar-refractivity contribution in [1.29, 1.82) is 5.26 Å². The molecule has 25 heavy (non-hydrogen) atoms. The van der Waals surface area contributed by atoms with Gasteiger partial charge in [0.05, 0.1) is 6.07 Å². The summed E-state index contributed by atoms with van der Waals surface area (Å²) in [6.07, 6.45) is 1.98. The maximum Gasteiger partial charge on any atom is 0.190 e. The molecule has 3 rings (SSSR count). The van der Waals surface area contributed by atoms with Crippen LogP contribution in [0, 0.1) is 11.3 Å². The van der Waals surface area contributed by atoms with Crippen LogP contribution in [-0.4, -0.2) is 31.8 Å². The quantitative estimate of drug-likeness (QED) is 0.751. The molecule has 0 radical (unpaired) electrons. The first-order valence-corrected chi connectivity index (χ1v) is 8.13. The highest BCUT2D eigenvalue weighted by Gasteiger charge is 2.29. The zero-order chi connectivity index (χ0) is 17.8. The number of carbonyl (C=O) groups is 2. The summed E-state index contributed by atoms with van der Waals surface area (Å²) < 4.78 is 1.65. The number of Topliss-reactive ketones (excluding diaryl/α,β-unsaturated/α-hetero) is 2. The Morgan fingerprint density at radius 3 is 2.56 bits per heavy atom. The number of benzene rings is 1. The van der Waals surface area contributed by atoms with Crippen LogP contribution < -0.4 is 0 Å². The Morgan fingerprint density at radius 2 is 1.84 bits per heavy atom. The highest BCUT2D eigenvalue weighted by Crippen LogP contribution is 2.28. The van der Waals surface area contributed by atoms with Gasteiger partial charge in [0.1, 0.15) is 0 Å². The molecule has 1 aliphatic carbocycles. The van der Waals surface area contributed by atoms with Gasteiger partial charge < -0.3 is 0 Å². The van der Waals surface area contributed by atoms with Gasteiger partial charge in [-0.3, -0.25) is 9.59 Å². The molecule has 0 fully saturated rings. The molecule has 126 valence electrons. The Labute approximate surface area is 145 Å². The minimum absolute atomic E-state index is 0.0983. The Morgan fingerprint density at radius 1 is 1.12 bits per heavy atom. The lowest BCUT2D eigenvalue weighted by molar-refractivity contribution is 0.0972. The van der Waals surface area contributed by atoms with Crippen molar-refractivity contribution in [3.05, 3.63) is 52.4 Å². The third kappa shape index (κ3) is 3.24. The molecule has 0 spiro atoms. The van der Waals surface area contributed by atoms with Gasteiger partial charge in [0.25, 0.3) is 0 Å². The average molecular weight is 335 g/mol. The van der Waals surface area contributed by atoms with Crippen molar-refractivity contribution in [2.75, 3.05) is 0 Å². The fourth-order valence-electron chi connectivity index (χ4n) is 2.97. The molecule has 0 atom stereocenters. The number of hydrogen-bond donors (Lipinski definition) is 0. The van der Waals surface area contributed by atoms with Gasteiger partial charge in [0.15, 0.2) is 17.4 Å². The number of fused-ring (bicyclic) bond motifs is 1. The van der Waals surface area contributed by atoms with Gasteiger partial charge >= 0.3 is 0 Å². The highest BCUT2D eigenvalue weighted by atomic mass is 16.1. The molecule has 0 saturated heterocycles. The number of unbranched alkanes of at least 4 members (excludes halogenated alkanes) is 1. The standard InChI is InChI=1S/C18H17N5O2/c1-12-13(18(25)15-7-3-2-6-14(15)17(12)24)8-9-16-20-21-22-23(16)11-5-4-10-19/h2-3,6-7H,4-5,8-9,11H2,1H3. The number of rotatable bonds is 6. The van der Waals surface area contributed by atoms with Gasteiger partial charge in [-0.2, -0.15) is 5.26 Å². The number of carbonyl (C=O) groups excluding carboxylic acids is 2. The third-order valence-electron chi connectivity index (χ3n) is 4.35. The predicted octanol–water partition coefficient (Wildman–Crippen LogP) is 2.31. The fraction of sp³-hybridized carbons (Fsp3) is 0.333. The number of nitriles is 1. The summed E-state index contributed by atoms with van der Waals surface area (Å²) in [5.41, 5.74) is 1.94. The van der Waals surface area contributed by atoms with E-state index in [1.165, 1.54) is 0 Å². The van der Waals surface area contributed by atoms with Crippen molar-refractivity contribution in [2.24, 2.45) is 0 Å². The number of ketones is 2. The Balaban J connectivity index is 1.77. The van der Waals surface area contributed by atoms with E-state index in [9.17, 15) is 9.59 Å².